The number of hydrogen-bond donors (Lipinski definition) is 2. The number of hydrogen-bond acceptors (Lipinski definition) is 5. The average Bonchev–Trinajstić information content (AvgIpc) is 3.21. The second-order valence-electron chi connectivity index (χ2n) is 6.39. The largest absolute Gasteiger partial charge is 0.478 e. The van der Waals surface area contributed by atoms with Gasteiger partial charge in [-0.05, 0) is 43.2 Å². The molecule has 0 fully saturated rings. The highest BCUT2D eigenvalue weighted by atomic mass is 16.4. The fourth-order valence-electron chi connectivity index (χ4n) is 2.99. The summed E-state index contributed by atoms with van der Waals surface area (Å²) in [6.07, 6.45) is 4.92. The number of benzene rings is 1. The molecular formula is C19H16N4O4. The Morgan fingerprint density at radius 3 is 2.74 bits per heavy atom. The third kappa shape index (κ3) is 3.01. The van der Waals surface area contributed by atoms with Crippen LogP contribution in [0, 0.1) is 13.8 Å². The molecule has 0 atom stereocenters. The van der Waals surface area contributed by atoms with Gasteiger partial charge in [-0.2, -0.15) is 5.10 Å². The van der Waals surface area contributed by atoms with Gasteiger partial charge in [-0.3, -0.25) is 4.79 Å². The van der Waals surface area contributed by atoms with Crippen molar-refractivity contribution in [2.45, 2.75) is 20.4 Å². The Morgan fingerprint density at radius 1 is 1.15 bits per heavy atom. The van der Waals surface area contributed by atoms with Gasteiger partial charge < -0.3 is 14.8 Å². The third-order valence-corrected chi connectivity index (χ3v) is 4.20. The molecule has 27 heavy (non-hydrogen) atoms. The molecule has 8 heteroatoms. The Bertz CT molecular complexity index is 1210. The van der Waals surface area contributed by atoms with E-state index in [9.17, 15) is 14.7 Å². The number of aryl methyl sites for hydroxylation is 2. The fraction of sp³-hybridized carbons (Fsp3) is 0.158. The SMILES string of the molecule is Cc1cc(C(=O)O)c2oc(CNC(=O)c3cnn4cc(C)cnc34)cc2c1. The van der Waals surface area contributed by atoms with Crippen molar-refractivity contribution in [1.82, 2.24) is 19.9 Å². The van der Waals surface area contributed by atoms with E-state index < -0.39 is 5.97 Å². The third-order valence-electron chi connectivity index (χ3n) is 4.20. The van der Waals surface area contributed by atoms with Crippen molar-refractivity contribution in [3.63, 3.8) is 0 Å². The highest BCUT2D eigenvalue weighted by Gasteiger charge is 2.17. The molecule has 8 nitrogen and oxygen atoms in total. The number of carbonyl (C=O) groups excluding carboxylic acids is 1. The summed E-state index contributed by atoms with van der Waals surface area (Å²) in [6, 6.07) is 5.13. The van der Waals surface area contributed by atoms with Gasteiger partial charge in [0.15, 0.2) is 5.65 Å². The van der Waals surface area contributed by atoms with Crippen molar-refractivity contribution in [2.75, 3.05) is 0 Å². The van der Waals surface area contributed by atoms with Crippen LogP contribution in [-0.4, -0.2) is 31.6 Å². The van der Waals surface area contributed by atoms with Crippen molar-refractivity contribution in [2.24, 2.45) is 0 Å². The van der Waals surface area contributed by atoms with E-state index in [1.165, 1.54) is 6.20 Å². The molecule has 0 aliphatic heterocycles. The van der Waals surface area contributed by atoms with Crippen molar-refractivity contribution >= 4 is 28.5 Å². The fourth-order valence-corrected chi connectivity index (χ4v) is 2.99. The van der Waals surface area contributed by atoms with Gasteiger partial charge in [0, 0.05) is 17.8 Å². The van der Waals surface area contributed by atoms with Crippen molar-refractivity contribution in [3.8, 4) is 0 Å². The summed E-state index contributed by atoms with van der Waals surface area (Å²) >= 11 is 0. The Kier molecular flexibility index (Phi) is 3.88. The molecule has 0 aliphatic rings. The molecular weight excluding hydrogens is 348 g/mol. The number of rotatable bonds is 4. The van der Waals surface area contributed by atoms with Gasteiger partial charge in [-0.15, -0.1) is 0 Å². The first-order valence-corrected chi connectivity index (χ1v) is 8.27. The number of fused-ring (bicyclic) bond motifs is 2. The van der Waals surface area contributed by atoms with Crippen LogP contribution >= 0.6 is 0 Å². The van der Waals surface area contributed by atoms with Gasteiger partial charge in [-0.25, -0.2) is 14.3 Å². The van der Waals surface area contributed by atoms with Crippen molar-refractivity contribution < 1.29 is 19.1 Å². The lowest BCUT2D eigenvalue weighted by Crippen LogP contribution is -2.22. The zero-order valence-electron chi connectivity index (χ0n) is 14.7. The predicted octanol–water partition coefficient (Wildman–Crippen LogP) is 2.72. The molecule has 0 radical (unpaired) electrons. The number of amides is 1. The van der Waals surface area contributed by atoms with Crippen LogP contribution in [-0.2, 0) is 6.54 Å². The number of nitrogens with zero attached hydrogens (tertiary/aromatic N) is 3. The van der Waals surface area contributed by atoms with Gasteiger partial charge in [-0.1, -0.05) is 0 Å². The van der Waals surface area contributed by atoms with Gasteiger partial charge in [0.25, 0.3) is 5.91 Å². The zero-order valence-corrected chi connectivity index (χ0v) is 14.7. The van der Waals surface area contributed by atoms with Crippen LogP contribution in [0.15, 0.2) is 41.2 Å². The Hall–Kier alpha value is -3.68. The highest BCUT2D eigenvalue weighted by molar-refractivity contribution is 6.02. The summed E-state index contributed by atoms with van der Waals surface area (Å²) in [5, 5.41) is 16.9. The van der Waals surface area contributed by atoms with Crippen LogP contribution in [0.4, 0.5) is 0 Å². The molecule has 0 unspecified atom stereocenters. The molecule has 3 aromatic heterocycles. The van der Waals surface area contributed by atoms with Crippen molar-refractivity contribution in [1.29, 1.82) is 0 Å². The molecule has 4 aromatic rings. The Balaban J connectivity index is 1.58. The molecule has 136 valence electrons. The number of aromatic carboxylic acids is 1. The summed E-state index contributed by atoms with van der Waals surface area (Å²) < 4.78 is 7.20. The molecule has 0 aliphatic carbocycles. The molecule has 0 saturated heterocycles. The van der Waals surface area contributed by atoms with Crippen LogP contribution in [0.1, 0.15) is 37.6 Å². The summed E-state index contributed by atoms with van der Waals surface area (Å²) in [5.41, 5.74) is 2.98. The van der Waals surface area contributed by atoms with E-state index >= 15 is 0 Å². The molecule has 0 saturated carbocycles. The Morgan fingerprint density at radius 2 is 1.96 bits per heavy atom. The second-order valence-corrected chi connectivity index (χ2v) is 6.39. The zero-order chi connectivity index (χ0) is 19.1. The molecule has 2 N–H and O–H groups in total. The number of carboxylic acid groups (broad SMARTS) is 1. The number of aromatic nitrogens is 3. The number of furan rings is 1. The summed E-state index contributed by atoms with van der Waals surface area (Å²) in [5.74, 6) is -0.926. The minimum atomic E-state index is -1.05. The first kappa shape index (κ1) is 16.8. The van der Waals surface area contributed by atoms with E-state index in [-0.39, 0.29) is 18.0 Å². The lowest BCUT2D eigenvalue weighted by molar-refractivity contribution is 0.0697. The van der Waals surface area contributed by atoms with Gasteiger partial charge in [0.05, 0.1) is 12.7 Å². The molecule has 0 spiro atoms. The van der Waals surface area contributed by atoms with E-state index in [0.29, 0.717) is 27.9 Å². The van der Waals surface area contributed by atoms with Crippen LogP contribution in [0.3, 0.4) is 0 Å². The normalized spacial score (nSPS) is 11.2. The second kappa shape index (κ2) is 6.24. The van der Waals surface area contributed by atoms with Crippen LogP contribution in [0.2, 0.25) is 0 Å². The first-order valence-electron chi connectivity index (χ1n) is 8.27. The van der Waals surface area contributed by atoms with E-state index in [4.69, 9.17) is 4.42 Å². The number of carbonyl (C=O) groups is 2. The molecule has 1 aromatic carbocycles. The minimum absolute atomic E-state index is 0.102. The van der Waals surface area contributed by atoms with Gasteiger partial charge in [0.1, 0.15) is 22.5 Å². The van der Waals surface area contributed by atoms with Gasteiger partial charge in [0.2, 0.25) is 0 Å². The number of carboxylic acids is 1. The maximum absolute atomic E-state index is 12.5. The number of nitrogens with one attached hydrogen (secondary N) is 1. The maximum atomic E-state index is 12.5. The molecule has 1 amide bonds. The smallest absolute Gasteiger partial charge is 0.339 e. The van der Waals surface area contributed by atoms with Crippen LogP contribution in [0.5, 0.6) is 0 Å². The van der Waals surface area contributed by atoms with Crippen LogP contribution in [0.25, 0.3) is 16.6 Å². The van der Waals surface area contributed by atoms with E-state index in [1.807, 2.05) is 19.9 Å². The molecule has 0 bridgehead atoms. The predicted molar refractivity (Wildman–Crippen MR) is 96.8 cm³/mol. The molecule has 4 rings (SSSR count). The van der Waals surface area contributed by atoms with Crippen molar-refractivity contribution in [3.05, 3.63) is 64.8 Å². The van der Waals surface area contributed by atoms with E-state index in [2.05, 4.69) is 15.4 Å². The molecule has 3 heterocycles. The monoisotopic (exact) mass is 364 g/mol. The average molecular weight is 364 g/mol. The van der Waals surface area contributed by atoms with E-state index in [1.54, 1.807) is 29.0 Å². The first-order chi connectivity index (χ1) is 12.9. The lowest BCUT2D eigenvalue weighted by atomic mass is 10.1. The Labute approximate surface area is 153 Å². The highest BCUT2D eigenvalue weighted by Crippen LogP contribution is 2.25. The summed E-state index contributed by atoms with van der Waals surface area (Å²) in [7, 11) is 0. The lowest BCUT2D eigenvalue weighted by Gasteiger charge is -2.02. The van der Waals surface area contributed by atoms with Gasteiger partial charge >= 0.3 is 5.97 Å². The van der Waals surface area contributed by atoms with Crippen LogP contribution < -0.4 is 5.32 Å². The standard InChI is InChI=1S/C19H16N4O4/c1-10-3-12-5-13(27-16(12)14(4-10)19(25)26)7-21-18(24)15-8-22-23-9-11(2)6-20-17(15)23/h3-6,8-9H,7H2,1-2H3,(H,21,24)(H,25,26). The maximum Gasteiger partial charge on any atom is 0.339 e. The van der Waals surface area contributed by atoms with E-state index in [0.717, 1.165) is 11.1 Å². The summed E-state index contributed by atoms with van der Waals surface area (Å²) in [4.78, 5) is 28.1. The summed E-state index contributed by atoms with van der Waals surface area (Å²) in [6.45, 7) is 3.83. The topological polar surface area (TPSA) is 110 Å². The minimum Gasteiger partial charge on any atom is -0.478 e. The quantitative estimate of drug-likeness (QED) is 0.576.